The molecule has 1 fully saturated rings. The Balaban J connectivity index is 1.43. The van der Waals surface area contributed by atoms with Crippen LogP contribution in [0.5, 0.6) is 11.5 Å². The SMILES string of the molecule is COc1ccc(C2=NN(Cc3ccc(N4CCOCC4)cc3)C(=O)[C@H]3CC=CC[C@@H]23)cc1OC. The van der Waals surface area contributed by atoms with E-state index in [0.717, 1.165) is 56.0 Å². The monoisotopic (exact) mass is 461 g/mol. The summed E-state index contributed by atoms with van der Waals surface area (Å²) in [5, 5.41) is 6.55. The van der Waals surface area contributed by atoms with Gasteiger partial charge in [-0.25, -0.2) is 5.01 Å². The molecule has 178 valence electrons. The van der Waals surface area contributed by atoms with Crippen molar-refractivity contribution < 1.29 is 19.0 Å². The van der Waals surface area contributed by atoms with E-state index in [4.69, 9.17) is 19.3 Å². The van der Waals surface area contributed by atoms with Crippen LogP contribution in [0.3, 0.4) is 0 Å². The fourth-order valence-electron chi connectivity index (χ4n) is 5.02. The Kier molecular flexibility index (Phi) is 6.54. The second-order valence-corrected chi connectivity index (χ2v) is 8.87. The van der Waals surface area contributed by atoms with Crippen LogP contribution in [-0.4, -0.2) is 57.2 Å². The number of allylic oxidation sites excluding steroid dienone is 2. The molecule has 0 spiro atoms. The number of amides is 1. The molecule has 0 saturated carbocycles. The third-order valence-electron chi connectivity index (χ3n) is 6.91. The zero-order chi connectivity index (χ0) is 23.5. The molecule has 5 rings (SSSR count). The number of hydrogen-bond acceptors (Lipinski definition) is 6. The number of carbonyl (C=O) groups is 1. The second-order valence-electron chi connectivity index (χ2n) is 8.87. The van der Waals surface area contributed by atoms with Crippen LogP contribution >= 0.6 is 0 Å². The van der Waals surface area contributed by atoms with Crippen molar-refractivity contribution in [3.05, 3.63) is 65.7 Å². The fourth-order valence-corrected chi connectivity index (χ4v) is 5.02. The van der Waals surface area contributed by atoms with E-state index >= 15 is 0 Å². The lowest BCUT2D eigenvalue weighted by Gasteiger charge is -2.37. The molecule has 0 bridgehead atoms. The Bertz CT molecular complexity index is 1090. The van der Waals surface area contributed by atoms with E-state index in [0.29, 0.717) is 18.0 Å². The number of hydrogen-bond donors (Lipinski definition) is 0. The Morgan fingerprint density at radius 1 is 0.941 bits per heavy atom. The van der Waals surface area contributed by atoms with Crippen molar-refractivity contribution in [3.8, 4) is 11.5 Å². The van der Waals surface area contributed by atoms with Crippen LogP contribution in [0.25, 0.3) is 0 Å². The molecule has 0 aromatic heterocycles. The average Bonchev–Trinajstić information content (AvgIpc) is 2.91. The van der Waals surface area contributed by atoms with Crippen LogP contribution in [-0.2, 0) is 16.1 Å². The number of methoxy groups -OCH3 is 2. The number of anilines is 1. The third kappa shape index (κ3) is 4.40. The van der Waals surface area contributed by atoms with Crippen molar-refractivity contribution in [2.24, 2.45) is 16.9 Å². The third-order valence-corrected chi connectivity index (χ3v) is 6.91. The van der Waals surface area contributed by atoms with Gasteiger partial charge in [-0.1, -0.05) is 24.3 Å². The average molecular weight is 462 g/mol. The Hall–Kier alpha value is -3.32. The lowest BCUT2D eigenvalue weighted by molar-refractivity contribution is -0.138. The molecule has 0 radical (unpaired) electrons. The molecule has 2 aromatic carbocycles. The van der Waals surface area contributed by atoms with Gasteiger partial charge >= 0.3 is 0 Å². The predicted octanol–water partition coefficient (Wildman–Crippen LogP) is 3.87. The first-order valence-corrected chi connectivity index (χ1v) is 11.9. The standard InChI is InChI=1S/C27H31N3O4/c1-32-24-12-9-20(17-25(24)33-2)26-22-5-3-4-6-23(22)27(31)30(28-26)18-19-7-10-21(11-8-19)29-13-15-34-16-14-29/h3-4,7-12,17,22-23H,5-6,13-16,18H2,1-2H3/t22-,23+/m1/s1. The number of ether oxygens (including phenoxy) is 3. The smallest absolute Gasteiger partial charge is 0.247 e. The zero-order valence-electron chi connectivity index (χ0n) is 19.8. The zero-order valence-corrected chi connectivity index (χ0v) is 19.8. The molecule has 34 heavy (non-hydrogen) atoms. The van der Waals surface area contributed by atoms with Crippen LogP contribution in [0.4, 0.5) is 5.69 Å². The lowest BCUT2D eigenvalue weighted by Crippen LogP contribution is -2.45. The highest BCUT2D eigenvalue weighted by atomic mass is 16.5. The minimum absolute atomic E-state index is 0.0653. The van der Waals surface area contributed by atoms with Gasteiger partial charge in [-0.3, -0.25) is 4.79 Å². The minimum atomic E-state index is -0.0989. The first kappa shape index (κ1) is 22.5. The number of hydrazone groups is 1. The van der Waals surface area contributed by atoms with Crippen LogP contribution in [0.1, 0.15) is 24.0 Å². The summed E-state index contributed by atoms with van der Waals surface area (Å²) in [4.78, 5) is 15.7. The highest BCUT2D eigenvalue weighted by Crippen LogP contribution is 2.37. The van der Waals surface area contributed by atoms with E-state index in [-0.39, 0.29) is 17.7 Å². The molecule has 0 unspecified atom stereocenters. The van der Waals surface area contributed by atoms with Gasteiger partial charge in [0.1, 0.15) is 0 Å². The summed E-state index contributed by atoms with van der Waals surface area (Å²) in [6.45, 7) is 3.77. The number of carbonyl (C=O) groups excluding carboxylic acids is 1. The van der Waals surface area contributed by atoms with Crippen LogP contribution in [0.15, 0.2) is 59.7 Å². The van der Waals surface area contributed by atoms with Crippen LogP contribution in [0, 0.1) is 11.8 Å². The molecule has 7 nitrogen and oxygen atoms in total. The summed E-state index contributed by atoms with van der Waals surface area (Å²) in [5.74, 6) is 1.40. The topological polar surface area (TPSA) is 63.6 Å². The Morgan fingerprint density at radius 3 is 2.35 bits per heavy atom. The van der Waals surface area contributed by atoms with Crippen molar-refractivity contribution >= 4 is 17.3 Å². The molecule has 3 aliphatic rings. The van der Waals surface area contributed by atoms with Crippen molar-refractivity contribution in [3.63, 3.8) is 0 Å². The summed E-state index contributed by atoms with van der Waals surface area (Å²) in [6.07, 6.45) is 5.82. The van der Waals surface area contributed by atoms with Gasteiger partial charge in [0.2, 0.25) is 5.91 Å². The van der Waals surface area contributed by atoms with E-state index in [1.54, 1.807) is 19.2 Å². The maximum Gasteiger partial charge on any atom is 0.247 e. The molecular formula is C27H31N3O4. The summed E-state index contributed by atoms with van der Waals surface area (Å²) in [5.41, 5.74) is 4.14. The van der Waals surface area contributed by atoms with Gasteiger partial charge in [-0.2, -0.15) is 5.10 Å². The van der Waals surface area contributed by atoms with Gasteiger partial charge in [-0.05, 0) is 48.7 Å². The number of benzene rings is 2. The van der Waals surface area contributed by atoms with Crippen molar-refractivity contribution in [1.29, 1.82) is 0 Å². The molecule has 7 heteroatoms. The van der Waals surface area contributed by atoms with E-state index in [2.05, 4.69) is 41.3 Å². The summed E-state index contributed by atoms with van der Waals surface area (Å²) in [6, 6.07) is 14.3. The first-order valence-electron chi connectivity index (χ1n) is 11.9. The minimum Gasteiger partial charge on any atom is -0.493 e. The van der Waals surface area contributed by atoms with Crippen LogP contribution in [0.2, 0.25) is 0 Å². The number of nitrogens with zero attached hydrogens (tertiary/aromatic N) is 3. The maximum absolute atomic E-state index is 13.4. The van der Waals surface area contributed by atoms with E-state index in [1.165, 1.54) is 5.69 Å². The van der Waals surface area contributed by atoms with E-state index in [1.807, 2.05) is 18.2 Å². The molecule has 1 amide bonds. The Morgan fingerprint density at radius 2 is 1.65 bits per heavy atom. The lowest BCUT2D eigenvalue weighted by atomic mass is 9.76. The van der Waals surface area contributed by atoms with Gasteiger partial charge in [-0.15, -0.1) is 0 Å². The normalized spacial score (nSPS) is 22.3. The maximum atomic E-state index is 13.4. The van der Waals surface area contributed by atoms with Crippen molar-refractivity contribution in [1.82, 2.24) is 5.01 Å². The molecule has 1 aliphatic carbocycles. The van der Waals surface area contributed by atoms with Crippen LogP contribution < -0.4 is 14.4 Å². The number of fused-ring (bicyclic) bond motifs is 1. The highest BCUT2D eigenvalue weighted by Gasteiger charge is 2.40. The quantitative estimate of drug-likeness (QED) is 0.611. The molecule has 2 aliphatic heterocycles. The largest absolute Gasteiger partial charge is 0.493 e. The second kappa shape index (κ2) is 9.89. The molecule has 2 atom stereocenters. The Labute approximate surface area is 200 Å². The summed E-state index contributed by atoms with van der Waals surface area (Å²) >= 11 is 0. The molecule has 0 N–H and O–H groups in total. The molecule has 2 heterocycles. The number of rotatable bonds is 6. The van der Waals surface area contributed by atoms with E-state index < -0.39 is 0 Å². The molecule has 1 saturated heterocycles. The first-order chi connectivity index (χ1) is 16.7. The van der Waals surface area contributed by atoms with Gasteiger partial charge in [0.25, 0.3) is 0 Å². The van der Waals surface area contributed by atoms with Crippen molar-refractivity contribution in [2.45, 2.75) is 19.4 Å². The number of morpholine rings is 1. The van der Waals surface area contributed by atoms with Crippen molar-refractivity contribution in [2.75, 3.05) is 45.4 Å². The highest BCUT2D eigenvalue weighted by molar-refractivity contribution is 6.07. The van der Waals surface area contributed by atoms with E-state index in [9.17, 15) is 4.79 Å². The molecule has 2 aromatic rings. The van der Waals surface area contributed by atoms with Gasteiger partial charge in [0, 0.05) is 30.3 Å². The van der Waals surface area contributed by atoms with Gasteiger partial charge in [0.05, 0.1) is 45.6 Å². The summed E-state index contributed by atoms with van der Waals surface area (Å²) in [7, 11) is 3.26. The summed E-state index contributed by atoms with van der Waals surface area (Å²) < 4.78 is 16.4. The molecular weight excluding hydrogens is 430 g/mol. The fraction of sp³-hybridized carbons (Fsp3) is 0.407. The van der Waals surface area contributed by atoms with Gasteiger partial charge in [0.15, 0.2) is 11.5 Å². The predicted molar refractivity (Wildman–Crippen MR) is 131 cm³/mol. The van der Waals surface area contributed by atoms with Gasteiger partial charge < -0.3 is 19.1 Å².